The molecule has 0 amide bonds. The molecule has 0 aromatic heterocycles. The van der Waals surface area contributed by atoms with Gasteiger partial charge in [0, 0.05) is 5.92 Å². The van der Waals surface area contributed by atoms with E-state index in [0.29, 0.717) is 29.1 Å². The molecule has 4 N–H and O–H groups in total. The predicted molar refractivity (Wildman–Crippen MR) is 125 cm³/mol. The summed E-state index contributed by atoms with van der Waals surface area (Å²) in [5.74, 6) is 1.98. The number of allylic oxidation sites excluding steroid dienone is 1. The summed E-state index contributed by atoms with van der Waals surface area (Å²) in [4.78, 5) is 0. The van der Waals surface area contributed by atoms with Gasteiger partial charge >= 0.3 is 0 Å². The van der Waals surface area contributed by atoms with Gasteiger partial charge in [-0.1, -0.05) is 20.8 Å². The highest BCUT2D eigenvalue weighted by molar-refractivity contribution is 5.38. The SMILES string of the molecule is CC(C)(O)C(O)C1CCC2=C(O1)C(O)C1C3CCC4C(C)(C)C(O)CCC45CC35CCC21C. The van der Waals surface area contributed by atoms with Crippen LogP contribution in [0.2, 0.25) is 0 Å². The van der Waals surface area contributed by atoms with E-state index in [1.807, 2.05) is 0 Å². The molecule has 0 aromatic carbocycles. The number of hydrogen-bond donors (Lipinski definition) is 4. The number of rotatable bonds is 2. The van der Waals surface area contributed by atoms with Crippen LogP contribution in [0.3, 0.4) is 0 Å². The van der Waals surface area contributed by atoms with Gasteiger partial charge in [-0.3, -0.25) is 0 Å². The molecule has 0 aromatic rings. The smallest absolute Gasteiger partial charge is 0.127 e. The van der Waals surface area contributed by atoms with Crippen LogP contribution in [0.1, 0.15) is 92.4 Å². The van der Waals surface area contributed by atoms with E-state index < -0.39 is 23.9 Å². The fourth-order valence-electron chi connectivity index (χ4n) is 10.4. The van der Waals surface area contributed by atoms with Gasteiger partial charge in [0.05, 0.1) is 11.7 Å². The average Bonchev–Trinajstić information content (AvgIpc) is 3.36. The topological polar surface area (TPSA) is 90.2 Å². The maximum absolute atomic E-state index is 11.7. The largest absolute Gasteiger partial charge is 0.489 e. The zero-order valence-electron chi connectivity index (χ0n) is 21.1. The average molecular weight is 461 g/mol. The van der Waals surface area contributed by atoms with Crippen molar-refractivity contribution in [3.05, 3.63) is 11.3 Å². The predicted octanol–water partition coefficient (Wildman–Crippen LogP) is 3.93. The van der Waals surface area contributed by atoms with Crippen LogP contribution in [0.5, 0.6) is 0 Å². The van der Waals surface area contributed by atoms with Crippen LogP contribution in [-0.2, 0) is 4.74 Å². The third kappa shape index (κ3) is 2.64. The fourth-order valence-corrected chi connectivity index (χ4v) is 10.4. The zero-order valence-corrected chi connectivity index (χ0v) is 21.1. The highest BCUT2D eigenvalue weighted by atomic mass is 16.5. The maximum Gasteiger partial charge on any atom is 0.127 e. The summed E-state index contributed by atoms with van der Waals surface area (Å²) in [5, 5.41) is 43.5. The monoisotopic (exact) mass is 460 g/mol. The fraction of sp³-hybridized carbons (Fsp3) is 0.929. The molecular weight excluding hydrogens is 416 g/mol. The lowest BCUT2D eigenvalue weighted by atomic mass is 9.46. The normalized spacial score (nSPS) is 53.1. The molecule has 186 valence electrons. The minimum Gasteiger partial charge on any atom is -0.489 e. The van der Waals surface area contributed by atoms with Crippen molar-refractivity contribution in [2.75, 3.05) is 0 Å². The Labute approximate surface area is 198 Å². The Balaban J connectivity index is 1.31. The Kier molecular flexibility index (Phi) is 4.55. The molecule has 10 atom stereocenters. The second kappa shape index (κ2) is 6.57. The molecule has 10 unspecified atom stereocenters. The van der Waals surface area contributed by atoms with Crippen LogP contribution in [0.15, 0.2) is 11.3 Å². The number of ether oxygens (including phenoxy) is 1. The van der Waals surface area contributed by atoms with Crippen LogP contribution >= 0.6 is 0 Å². The number of fused-ring (bicyclic) bond motifs is 3. The number of aliphatic hydroxyl groups is 4. The van der Waals surface area contributed by atoms with Crippen molar-refractivity contribution in [1.82, 2.24) is 0 Å². The summed E-state index contributed by atoms with van der Waals surface area (Å²) in [6.07, 6.45) is 7.22. The van der Waals surface area contributed by atoms with Gasteiger partial charge in [0.2, 0.25) is 0 Å². The first-order valence-corrected chi connectivity index (χ1v) is 13.5. The lowest BCUT2D eigenvalue weighted by molar-refractivity contribution is -0.141. The molecule has 5 nitrogen and oxygen atoms in total. The molecule has 0 bridgehead atoms. The van der Waals surface area contributed by atoms with Gasteiger partial charge in [-0.05, 0) is 111 Å². The lowest BCUT2D eigenvalue weighted by Crippen LogP contribution is -2.55. The van der Waals surface area contributed by atoms with Gasteiger partial charge < -0.3 is 25.2 Å². The van der Waals surface area contributed by atoms with E-state index in [9.17, 15) is 20.4 Å². The molecule has 0 saturated heterocycles. The van der Waals surface area contributed by atoms with E-state index in [1.165, 1.54) is 18.4 Å². The quantitative estimate of drug-likeness (QED) is 0.501. The van der Waals surface area contributed by atoms with Crippen LogP contribution < -0.4 is 0 Å². The van der Waals surface area contributed by atoms with Crippen molar-refractivity contribution >= 4 is 0 Å². The summed E-state index contributed by atoms with van der Waals surface area (Å²) in [7, 11) is 0. The molecule has 4 saturated carbocycles. The Morgan fingerprint density at radius 3 is 2.39 bits per heavy atom. The number of hydrogen-bond acceptors (Lipinski definition) is 5. The van der Waals surface area contributed by atoms with E-state index in [-0.39, 0.29) is 22.9 Å². The Morgan fingerprint density at radius 1 is 0.970 bits per heavy atom. The van der Waals surface area contributed by atoms with Crippen molar-refractivity contribution in [2.45, 2.75) is 122 Å². The Morgan fingerprint density at radius 2 is 1.70 bits per heavy atom. The van der Waals surface area contributed by atoms with E-state index in [2.05, 4.69) is 20.8 Å². The van der Waals surface area contributed by atoms with Gasteiger partial charge in [-0.2, -0.15) is 0 Å². The first-order valence-electron chi connectivity index (χ1n) is 13.5. The molecule has 2 spiro atoms. The molecule has 6 aliphatic rings. The minimum absolute atomic E-state index is 0.0250. The summed E-state index contributed by atoms with van der Waals surface area (Å²) >= 11 is 0. The third-order valence-corrected chi connectivity index (χ3v) is 12.1. The molecule has 6 rings (SSSR count). The molecule has 33 heavy (non-hydrogen) atoms. The first-order chi connectivity index (χ1) is 15.3. The summed E-state index contributed by atoms with van der Waals surface area (Å²) in [6.45, 7) is 10.2. The molecule has 5 aliphatic carbocycles. The molecule has 1 aliphatic heterocycles. The van der Waals surface area contributed by atoms with Crippen LogP contribution in [0, 0.1) is 39.4 Å². The maximum atomic E-state index is 11.7. The number of aliphatic hydroxyl groups excluding tert-OH is 3. The summed E-state index contributed by atoms with van der Waals surface area (Å²) in [5.41, 5.74) is 0.663. The van der Waals surface area contributed by atoms with E-state index in [4.69, 9.17) is 4.74 Å². The molecule has 0 radical (unpaired) electrons. The van der Waals surface area contributed by atoms with Crippen LogP contribution in [0.25, 0.3) is 0 Å². The van der Waals surface area contributed by atoms with Gasteiger partial charge in [0.15, 0.2) is 0 Å². The van der Waals surface area contributed by atoms with Gasteiger partial charge in [0.1, 0.15) is 24.1 Å². The van der Waals surface area contributed by atoms with Crippen molar-refractivity contribution < 1.29 is 25.2 Å². The van der Waals surface area contributed by atoms with E-state index in [1.54, 1.807) is 13.8 Å². The van der Waals surface area contributed by atoms with E-state index in [0.717, 1.165) is 44.3 Å². The van der Waals surface area contributed by atoms with Gasteiger partial charge in [0.25, 0.3) is 0 Å². The molecule has 4 fully saturated rings. The second-order valence-corrected chi connectivity index (χ2v) is 14.1. The van der Waals surface area contributed by atoms with Crippen molar-refractivity contribution in [3.8, 4) is 0 Å². The second-order valence-electron chi connectivity index (χ2n) is 14.1. The Bertz CT molecular complexity index is 887. The van der Waals surface area contributed by atoms with E-state index >= 15 is 0 Å². The highest BCUT2D eigenvalue weighted by Crippen LogP contribution is 2.86. The summed E-state index contributed by atoms with van der Waals surface area (Å²) < 4.78 is 6.33. The molecule has 5 heteroatoms. The molecule has 1 heterocycles. The van der Waals surface area contributed by atoms with Crippen LogP contribution in [-0.4, -0.2) is 50.4 Å². The first kappa shape index (κ1) is 22.8. The zero-order chi connectivity index (χ0) is 23.8. The Hall–Kier alpha value is -0.620. The molecular formula is C28H44O5. The van der Waals surface area contributed by atoms with Gasteiger partial charge in [-0.25, -0.2) is 0 Å². The van der Waals surface area contributed by atoms with Gasteiger partial charge in [-0.15, -0.1) is 0 Å². The minimum atomic E-state index is -1.23. The standard InChI is InChI=1S/C28H44O5/c1-24(2)18-9-7-15-20-21(30)22-16(6-8-17(33-22)23(31)25(3,4)32)26(20,5)12-13-27(15)14-28(18,27)11-10-19(24)29/h15,17-21,23,29-32H,6-14H2,1-5H3. The third-order valence-electron chi connectivity index (χ3n) is 12.1. The van der Waals surface area contributed by atoms with Crippen molar-refractivity contribution in [3.63, 3.8) is 0 Å². The summed E-state index contributed by atoms with van der Waals surface area (Å²) in [6, 6.07) is 0. The highest BCUT2D eigenvalue weighted by Gasteiger charge is 2.80. The van der Waals surface area contributed by atoms with Crippen molar-refractivity contribution in [2.24, 2.45) is 39.4 Å². The van der Waals surface area contributed by atoms with Crippen LogP contribution in [0.4, 0.5) is 0 Å². The lowest BCUT2D eigenvalue weighted by Gasteiger charge is -2.59. The van der Waals surface area contributed by atoms with Crippen molar-refractivity contribution in [1.29, 1.82) is 0 Å².